The average Bonchev–Trinajstić information content (AvgIpc) is 3.31. The quantitative estimate of drug-likeness (QED) is 0.759. The Morgan fingerprint density at radius 1 is 1.25 bits per heavy atom. The van der Waals surface area contributed by atoms with E-state index < -0.39 is 34.6 Å². The van der Waals surface area contributed by atoms with E-state index in [0.29, 0.717) is 36.9 Å². The molecule has 1 saturated heterocycles. The Morgan fingerprint density at radius 3 is 2.69 bits per heavy atom. The smallest absolute Gasteiger partial charge is 0.274 e. The molecule has 32 heavy (non-hydrogen) atoms. The standard InChI is InChI=1S/C23H23F2N3O4/c1-11-6-15(11)14-4-5-28-18(14)10-27-9-16(20(29)21(30)19(27)23(28)32)22(31)26-8-12-2-3-13(24)7-17(12)25/h2-3,7,9,11,14-15,18,30H,4-6,8,10H2,1H3,(H,26,31)/t11-,14+,15+,18+/m0/s1. The highest BCUT2D eigenvalue weighted by Crippen LogP contribution is 2.50. The van der Waals surface area contributed by atoms with Crippen LogP contribution in [0.25, 0.3) is 0 Å². The fourth-order valence-corrected chi connectivity index (χ4v) is 5.26. The largest absolute Gasteiger partial charge is 0.503 e. The molecule has 0 bridgehead atoms. The third-order valence-corrected chi connectivity index (χ3v) is 7.12. The summed E-state index contributed by atoms with van der Waals surface area (Å²) >= 11 is 0. The fraction of sp³-hybridized carbons (Fsp3) is 0.435. The van der Waals surface area contributed by atoms with Crippen LogP contribution in [0.2, 0.25) is 0 Å². The minimum atomic E-state index is -0.952. The van der Waals surface area contributed by atoms with Crippen LogP contribution < -0.4 is 10.7 Å². The Hall–Kier alpha value is -3.23. The molecule has 5 rings (SSSR count). The first kappa shape index (κ1) is 20.7. The van der Waals surface area contributed by atoms with Crippen molar-refractivity contribution in [3.8, 4) is 5.75 Å². The summed E-state index contributed by atoms with van der Waals surface area (Å²) in [5.41, 5.74) is -1.33. The van der Waals surface area contributed by atoms with E-state index in [9.17, 15) is 28.3 Å². The molecule has 2 fully saturated rings. The van der Waals surface area contributed by atoms with Crippen LogP contribution in [0.4, 0.5) is 8.78 Å². The second-order valence-electron chi connectivity index (χ2n) is 9.04. The molecule has 9 heteroatoms. The van der Waals surface area contributed by atoms with Gasteiger partial charge in [-0.1, -0.05) is 13.0 Å². The molecule has 2 N–H and O–H groups in total. The number of aromatic hydroxyl groups is 1. The predicted molar refractivity (Wildman–Crippen MR) is 110 cm³/mol. The molecule has 1 aliphatic carbocycles. The molecule has 168 valence electrons. The minimum Gasteiger partial charge on any atom is -0.503 e. The molecule has 0 spiro atoms. The fourth-order valence-electron chi connectivity index (χ4n) is 5.26. The average molecular weight is 443 g/mol. The first-order valence-corrected chi connectivity index (χ1v) is 10.8. The van der Waals surface area contributed by atoms with E-state index in [2.05, 4.69) is 12.2 Å². The molecule has 3 aliphatic rings. The molecule has 4 atom stereocenters. The lowest BCUT2D eigenvalue weighted by atomic mass is 9.92. The van der Waals surface area contributed by atoms with Crippen molar-refractivity contribution in [2.24, 2.45) is 17.8 Å². The molecular weight excluding hydrogens is 420 g/mol. The molecule has 2 aromatic rings. The van der Waals surface area contributed by atoms with Crippen LogP contribution in [0.1, 0.15) is 46.2 Å². The van der Waals surface area contributed by atoms with Gasteiger partial charge in [-0.3, -0.25) is 14.4 Å². The van der Waals surface area contributed by atoms with Gasteiger partial charge in [0.1, 0.15) is 17.2 Å². The maximum Gasteiger partial charge on any atom is 0.274 e. The molecule has 0 unspecified atom stereocenters. The normalized spacial score (nSPS) is 26.0. The number of hydrogen-bond donors (Lipinski definition) is 2. The molecule has 1 saturated carbocycles. The molecule has 1 aromatic heterocycles. The lowest BCUT2D eigenvalue weighted by Crippen LogP contribution is -2.48. The summed E-state index contributed by atoms with van der Waals surface area (Å²) in [7, 11) is 0. The number of rotatable bonds is 4. The van der Waals surface area contributed by atoms with Crippen LogP contribution in [0, 0.1) is 29.4 Å². The third kappa shape index (κ3) is 3.27. The lowest BCUT2D eigenvalue weighted by molar-refractivity contribution is 0.0621. The molecule has 3 heterocycles. The van der Waals surface area contributed by atoms with Crippen LogP contribution in [0.5, 0.6) is 5.75 Å². The maximum absolute atomic E-state index is 13.8. The number of nitrogens with zero attached hydrogens (tertiary/aromatic N) is 2. The van der Waals surface area contributed by atoms with Crippen LogP contribution in [0.15, 0.2) is 29.2 Å². The molecule has 1 aromatic carbocycles. The summed E-state index contributed by atoms with van der Waals surface area (Å²) in [4.78, 5) is 40.1. The van der Waals surface area contributed by atoms with Gasteiger partial charge >= 0.3 is 0 Å². The summed E-state index contributed by atoms with van der Waals surface area (Å²) in [6.45, 7) is 2.93. The monoisotopic (exact) mass is 443 g/mol. The van der Waals surface area contributed by atoms with Gasteiger partial charge in [0.05, 0.1) is 6.04 Å². The van der Waals surface area contributed by atoms with Crippen molar-refractivity contribution in [1.82, 2.24) is 14.8 Å². The number of benzene rings is 1. The van der Waals surface area contributed by atoms with E-state index in [1.807, 2.05) is 0 Å². The Morgan fingerprint density at radius 2 is 2.00 bits per heavy atom. The summed E-state index contributed by atoms with van der Waals surface area (Å²) < 4.78 is 28.4. The number of halogens is 2. The van der Waals surface area contributed by atoms with Crippen molar-refractivity contribution in [2.45, 2.75) is 38.9 Å². The summed E-state index contributed by atoms with van der Waals surface area (Å²) in [6, 6.07) is 2.95. The number of nitrogens with one attached hydrogen (secondary N) is 1. The number of amides is 2. The summed E-state index contributed by atoms with van der Waals surface area (Å²) in [5.74, 6) is -1.94. The highest BCUT2D eigenvalue weighted by Gasteiger charge is 2.51. The van der Waals surface area contributed by atoms with Gasteiger partial charge in [0, 0.05) is 37.5 Å². The second-order valence-corrected chi connectivity index (χ2v) is 9.04. The van der Waals surface area contributed by atoms with Crippen LogP contribution in [-0.4, -0.2) is 39.0 Å². The predicted octanol–water partition coefficient (Wildman–Crippen LogP) is 2.26. The van der Waals surface area contributed by atoms with Gasteiger partial charge < -0.3 is 19.9 Å². The van der Waals surface area contributed by atoms with Gasteiger partial charge in [-0.2, -0.15) is 0 Å². The van der Waals surface area contributed by atoms with Gasteiger partial charge in [0.25, 0.3) is 11.8 Å². The van der Waals surface area contributed by atoms with Crippen molar-refractivity contribution < 1.29 is 23.5 Å². The van der Waals surface area contributed by atoms with E-state index in [4.69, 9.17) is 0 Å². The van der Waals surface area contributed by atoms with Gasteiger partial charge in [-0.05, 0) is 36.7 Å². The van der Waals surface area contributed by atoms with Crippen LogP contribution >= 0.6 is 0 Å². The Kier molecular flexibility index (Phi) is 4.79. The zero-order valence-electron chi connectivity index (χ0n) is 17.5. The highest BCUT2D eigenvalue weighted by molar-refractivity contribution is 5.99. The SMILES string of the molecule is C[C@H]1C[C@H]1[C@H]1CCN2C(=O)c3c(O)c(=O)c(C(=O)NCc4ccc(F)cc4F)cn3C[C@H]12. The van der Waals surface area contributed by atoms with E-state index >= 15 is 0 Å². The van der Waals surface area contributed by atoms with Gasteiger partial charge in [0.2, 0.25) is 5.43 Å². The highest BCUT2D eigenvalue weighted by atomic mass is 19.1. The molecule has 2 aliphatic heterocycles. The van der Waals surface area contributed by atoms with Crippen molar-refractivity contribution in [3.63, 3.8) is 0 Å². The van der Waals surface area contributed by atoms with E-state index in [1.165, 1.54) is 16.8 Å². The van der Waals surface area contributed by atoms with E-state index in [-0.39, 0.29) is 29.4 Å². The number of aromatic nitrogens is 1. The molecular formula is C23H23F2N3O4. The third-order valence-electron chi connectivity index (χ3n) is 7.12. The first-order chi connectivity index (χ1) is 15.3. The number of fused-ring (bicyclic) bond motifs is 2. The Balaban J connectivity index is 1.42. The summed E-state index contributed by atoms with van der Waals surface area (Å²) in [6.07, 6.45) is 3.33. The zero-order chi connectivity index (χ0) is 22.7. The Labute approximate surface area is 182 Å². The Bertz CT molecular complexity index is 1190. The van der Waals surface area contributed by atoms with Crippen molar-refractivity contribution in [2.75, 3.05) is 6.54 Å². The molecule has 2 amide bonds. The zero-order valence-corrected chi connectivity index (χ0v) is 17.5. The van der Waals surface area contributed by atoms with Crippen molar-refractivity contribution >= 4 is 11.8 Å². The van der Waals surface area contributed by atoms with Crippen molar-refractivity contribution in [3.05, 3.63) is 63.1 Å². The maximum atomic E-state index is 13.8. The number of carbonyl (C=O) groups excluding carboxylic acids is 2. The minimum absolute atomic E-state index is 0.0314. The number of pyridine rings is 1. The van der Waals surface area contributed by atoms with Crippen LogP contribution in [0.3, 0.4) is 0 Å². The first-order valence-electron chi connectivity index (χ1n) is 10.8. The van der Waals surface area contributed by atoms with E-state index in [0.717, 1.165) is 18.9 Å². The lowest BCUT2D eigenvalue weighted by Gasteiger charge is -2.35. The molecule has 7 nitrogen and oxygen atoms in total. The van der Waals surface area contributed by atoms with Crippen molar-refractivity contribution in [1.29, 1.82) is 0 Å². The topological polar surface area (TPSA) is 91.6 Å². The van der Waals surface area contributed by atoms with Gasteiger partial charge in [0.15, 0.2) is 11.4 Å². The van der Waals surface area contributed by atoms with Crippen LogP contribution in [-0.2, 0) is 13.1 Å². The summed E-state index contributed by atoms with van der Waals surface area (Å²) in [5, 5.41) is 12.9. The van der Waals surface area contributed by atoms with Gasteiger partial charge in [-0.15, -0.1) is 0 Å². The number of hydrogen-bond acceptors (Lipinski definition) is 4. The van der Waals surface area contributed by atoms with Gasteiger partial charge in [-0.25, -0.2) is 8.78 Å². The van der Waals surface area contributed by atoms with E-state index in [1.54, 1.807) is 4.90 Å². The molecule has 0 radical (unpaired) electrons. The number of carbonyl (C=O) groups is 2. The second kappa shape index (κ2) is 7.43.